The Bertz CT molecular complexity index is 461. The van der Waals surface area contributed by atoms with Gasteiger partial charge >= 0.3 is 0 Å². The summed E-state index contributed by atoms with van der Waals surface area (Å²) in [5.74, 6) is 0.900. The van der Waals surface area contributed by atoms with Gasteiger partial charge in [0.05, 0.1) is 31.6 Å². The van der Waals surface area contributed by atoms with E-state index < -0.39 is 0 Å². The van der Waals surface area contributed by atoms with Crippen LogP contribution in [0.15, 0.2) is 6.20 Å². The molecule has 1 amide bonds. The third-order valence-corrected chi connectivity index (χ3v) is 3.36. The highest BCUT2D eigenvalue weighted by atomic mass is 35.5. The van der Waals surface area contributed by atoms with Gasteiger partial charge < -0.3 is 24.8 Å². The molecule has 1 atom stereocenters. The van der Waals surface area contributed by atoms with Crippen molar-refractivity contribution in [3.8, 4) is 0 Å². The zero-order chi connectivity index (χ0) is 14.5. The molecule has 0 spiro atoms. The number of carbonyl (C=O) groups is 1. The van der Waals surface area contributed by atoms with Gasteiger partial charge in [-0.05, 0) is 0 Å². The summed E-state index contributed by atoms with van der Waals surface area (Å²) in [5, 5.41) is 6.19. The first-order chi connectivity index (χ1) is 9.58. The van der Waals surface area contributed by atoms with Crippen LogP contribution in [0, 0.1) is 0 Å². The number of halogens is 2. The quantitative estimate of drug-likeness (QED) is 0.797. The first-order valence-corrected chi connectivity index (χ1v) is 6.83. The van der Waals surface area contributed by atoms with Crippen molar-refractivity contribution < 1.29 is 9.53 Å². The van der Waals surface area contributed by atoms with E-state index >= 15 is 0 Å². The van der Waals surface area contributed by atoms with E-state index in [1.165, 1.54) is 0 Å². The number of carbonyl (C=O) groups excluding carboxylic acids is 1. The van der Waals surface area contributed by atoms with Crippen LogP contribution in [0.2, 0.25) is 0 Å². The SMILES string of the molecule is CN(C)c1ncc(CNC(=O)CC2COCCN2)n1C.Cl.Cl. The molecule has 2 rings (SSSR count). The van der Waals surface area contributed by atoms with Gasteiger partial charge in [-0.25, -0.2) is 4.98 Å². The van der Waals surface area contributed by atoms with Gasteiger partial charge in [0.25, 0.3) is 0 Å². The van der Waals surface area contributed by atoms with Gasteiger partial charge in [0, 0.05) is 40.2 Å². The lowest BCUT2D eigenvalue weighted by molar-refractivity contribution is -0.122. The van der Waals surface area contributed by atoms with Crippen molar-refractivity contribution in [3.05, 3.63) is 11.9 Å². The molecule has 1 saturated heterocycles. The van der Waals surface area contributed by atoms with Crippen LogP contribution in [0.5, 0.6) is 0 Å². The van der Waals surface area contributed by atoms with E-state index in [0.717, 1.165) is 24.8 Å². The van der Waals surface area contributed by atoms with Crippen LogP contribution in [0.3, 0.4) is 0 Å². The number of amides is 1. The molecule has 2 N–H and O–H groups in total. The number of ether oxygens (including phenoxy) is 1. The summed E-state index contributed by atoms with van der Waals surface area (Å²) >= 11 is 0. The average molecular weight is 354 g/mol. The predicted molar refractivity (Wildman–Crippen MR) is 91.1 cm³/mol. The van der Waals surface area contributed by atoms with E-state index in [-0.39, 0.29) is 36.8 Å². The topological polar surface area (TPSA) is 71.4 Å². The number of rotatable bonds is 5. The highest BCUT2D eigenvalue weighted by molar-refractivity contribution is 5.85. The fourth-order valence-corrected chi connectivity index (χ4v) is 2.25. The molecule has 0 bridgehead atoms. The molecule has 0 saturated carbocycles. The molecule has 1 aromatic rings. The van der Waals surface area contributed by atoms with Gasteiger partial charge in [-0.2, -0.15) is 0 Å². The Kier molecular flexibility index (Phi) is 9.43. The molecule has 1 unspecified atom stereocenters. The van der Waals surface area contributed by atoms with E-state index in [9.17, 15) is 4.79 Å². The summed E-state index contributed by atoms with van der Waals surface area (Å²) < 4.78 is 7.31. The Labute approximate surface area is 143 Å². The second-order valence-corrected chi connectivity index (χ2v) is 5.21. The average Bonchev–Trinajstić information content (AvgIpc) is 2.79. The van der Waals surface area contributed by atoms with Crippen molar-refractivity contribution in [3.63, 3.8) is 0 Å². The summed E-state index contributed by atoms with van der Waals surface area (Å²) in [7, 11) is 5.83. The summed E-state index contributed by atoms with van der Waals surface area (Å²) in [6.07, 6.45) is 2.23. The smallest absolute Gasteiger partial charge is 0.221 e. The lowest BCUT2D eigenvalue weighted by Gasteiger charge is -2.23. The van der Waals surface area contributed by atoms with Crippen LogP contribution in [-0.2, 0) is 23.1 Å². The van der Waals surface area contributed by atoms with E-state index in [2.05, 4.69) is 15.6 Å². The van der Waals surface area contributed by atoms with Crippen LogP contribution in [0.1, 0.15) is 12.1 Å². The number of morpholine rings is 1. The number of nitrogens with zero attached hydrogens (tertiary/aromatic N) is 3. The van der Waals surface area contributed by atoms with Gasteiger partial charge in [-0.3, -0.25) is 4.79 Å². The summed E-state index contributed by atoms with van der Waals surface area (Å²) in [5.41, 5.74) is 0.981. The summed E-state index contributed by atoms with van der Waals surface area (Å²) in [6, 6.07) is 0.118. The van der Waals surface area contributed by atoms with Gasteiger partial charge in [-0.1, -0.05) is 0 Å². The molecule has 0 radical (unpaired) electrons. The van der Waals surface area contributed by atoms with Crippen molar-refractivity contribution >= 4 is 36.7 Å². The Hall–Kier alpha value is -1.02. The Morgan fingerprint density at radius 2 is 2.27 bits per heavy atom. The van der Waals surface area contributed by atoms with E-state index in [0.29, 0.717) is 19.6 Å². The molecular formula is C13H25Cl2N5O2. The van der Waals surface area contributed by atoms with E-state index in [4.69, 9.17) is 4.74 Å². The number of hydrogen-bond acceptors (Lipinski definition) is 5. The van der Waals surface area contributed by atoms with E-state index in [1.807, 2.05) is 30.6 Å². The summed E-state index contributed by atoms with van der Waals surface area (Å²) in [6.45, 7) is 2.62. The third kappa shape index (κ3) is 5.64. The minimum Gasteiger partial charge on any atom is -0.378 e. The Morgan fingerprint density at radius 1 is 1.55 bits per heavy atom. The van der Waals surface area contributed by atoms with Crippen LogP contribution < -0.4 is 15.5 Å². The van der Waals surface area contributed by atoms with Crippen molar-refractivity contribution in [2.45, 2.75) is 19.0 Å². The highest BCUT2D eigenvalue weighted by Gasteiger charge is 2.17. The lowest BCUT2D eigenvalue weighted by Crippen LogP contribution is -2.44. The standard InChI is InChI=1S/C13H23N5O2.2ClH/c1-17(2)13-16-8-11(18(13)3)7-15-12(19)6-10-9-20-5-4-14-10;;/h8,10,14H,4-7,9H2,1-3H3,(H,15,19);2*1H. The summed E-state index contributed by atoms with van der Waals surface area (Å²) in [4.78, 5) is 18.1. The molecule has 128 valence electrons. The largest absolute Gasteiger partial charge is 0.378 e. The molecule has 9 heteroatoms. The molecule has 0 aromatic carbocycles. The van der Waals surface area contributed by atoms with E-state index in [1.54, 1.807) is 6.20 Å². The normalized spacial score (nSPS) is 17.1. The van der Waals surface area contributed by atoms with Gasteiger partial charge in [0.15, 0.2) is 0 Å². The molecule has 1 aromatic heterocycles. The maximum absolute atomic E-state index is 11.9. The zero-order valence-electron chi connectivity index (χ0n) is 13.2. The molecule has 7 nitrogen and oxygen atoms in total. The minimum atomic E-state index is 0. The van der Waals surface area contributed by atoms with Crippen LogP contribution in [0.4, 0.5) is 5.95 Å². The molecule has 1 fully saturated rings. The molecule has 1 aliphatic heterocycles. The van der Waals surface area contributed by atoms with Crippen molar-refractivity contribution in [2.75, 3.05) is 38.8 Å². The number of nitrogens with one attached hydrogen (secondary N) is 2. The maximum atomic E-state index is 11.9. The van der Waals surface area contributed by atoms with Gasteiger partial charge in [-0.15, -0.1) is 24.8 Å². The third-order valence-electron chi connectivity index (χ3n) is 3.36. The maximum Gasteiger partial charge on any atom is 0.221 e. The second-order valence-electron chi connectivity index (χ2n) is 5.21. The number of imidazole rings is 1. The van der Waals surface area contributed by atoms with Crippen LogP contribution in [0.25, 0.3) is 0 Å². The molecular weight excluding hydrogens is 329 g/mol. The predicted octanol–water partition coefficient (Wildman–Crippen LogP) is 0.324. The van der Waals surface area contributed by atoms with Crippen molar-refractivity contribution in [1.82, 2.24) is 20.2 Å². The van der Waals surface area contributed by atoms with Gasteiger partial charge in [0.2, 0.25) is 11.9 Å². The molecule has 1 aliphatic rings. The highest BCUT2D eigenvalue weighted by Crippen LogP contribution is 2.10. The Morgan fingerprint density at radius 3 is 2.82 bits per heavy atom. The Balaban J connectivity index is 0.00000220. The molecule has 22 heavy (non-hydrogen) atoms. The molecule has 0 aliphatic carbocycles. The fourth-order valence-electron chi connectivity index (χ4n) is 2.25. The zero-order valence-corrected chi connectivity index (χ0v) is 14.8. The minimum absolute atomic E-state index is 0. The number of anilines is 1. The van der Waals surface area contributed by atoms with Crippen molar-refractivity contribution in [2.24, 2.45) is 7.05 Å². The van der Waals surface area contributed by atoms with Crippen molar-refractivity contribution in [1.29, 1.82) is 0 Å². The lowest BCUT2D eigenvalue weighted by atomic mass is 10.2. The molecule has 2 heterocycles. The first kappa shape index (κ1) is 21.0. The van der Waals surface area contributed by atoms with Crippen LogP contribution in [-0.4, -0.2) is 55.4 Å². The fraction of sp³-hybridized carbons (Fsp3) is 0.692. The second kappa shape index (κ2) is 9.89. The number of aromatic nitrogens is 2. The van der Waals surface area contributed by atoms with Crippen LogP contribution >= 0.6 is 24.8 Å². The number of hydrogen-bond donors (Lipinski definition) is 2. The van der Waals surface area contributed by atoms with Gasteiger partial charge in [0.1, 0.15) is 0 Å². The first-order valence-electron chi connectivity index (χ1n) is 6.83. The monoisotopic (exact) mass is 353 g/mol.